The van der Waals surface area contributed by atoms with Crippen molar-refractivity contribution in [3.8, 4) is 5.88 Å². The van der Waals surface area contributed by atoms with Gasteiger partial charge in [-0.05, 0) is 6.07 Å². The van der Waals surface area contributed by atoms with Crippen molar-refractivity contribution in [3.63, 3.8) is 0 Å². The second kappa shape index (κ2) is 6.11. The number of benzene rings is 1. The predicted octanol–water partition coefficient (Wildman–Crippen LogP) is -1.19. The minimum absolute atomic E-state index is 0.127. The molecular weight excluding hydrogens is 292 g/mol. The molecule has 8 heteroatoms. The molecule has 1 saturated heterocycles. The Kier molecular flexibility index (Phi) is 4.19. The van der Waals surface area contributed by atoms with Crippen molar-refractivity contribution in [2.75, 3.05) is 6.61 Å². The van der Waals surface area contributed by atoms with Gasteiger partial charge in [-0.25, -0.2) is 0 Å². The summed E-state index contributed by atoms with van der Waals surface area (Å²) >= 11 is 0. The SMILES string of the molecule is OC[C@H]1O[C@@H](Oc2nncc3ccccc23)[C@H](O)[C@@H](O)[C@@H]1O. The fraction of sp³-hybridized carbons (Fsp3) is 0.429. The lowest BCUT2D eigenvalue weighted by atomic mass is 9.99. The molecule has 0 aliphatic carbocycles. The normalized spacial score (nSPS) is 32.1. The maximum absolute atomic E-state index is 9.96. The first-order valence-corrected chi connectivity index (χ1v) is 6.79. The van der Waals surface area contributed by atoms with Gasteiger partial charge in [-0.3, -0.25) is 0 Å². The molecule has 0 bridgehead atoms. The molecule has 0 amide bonds. The highest BCUT2D eigenvalue weighted by Gasteiger charge is 2.45. The van der Waals surface area contributed by atoms with Gasteiger partial charge >= 0.3 is 0 Å². The minimum atomic E-state index is -1.50. The topological polar surface area (TPSA) is 125 Å². The van der Waals surface area contributed by atoms with Gasteiger partial charge in [0.1, 0.15) is 24.4 Å². The first kappa shape index (κ1) is 15.1. The molecule has 1 aromatic heterocycles. The molecule has 2 aromatic rings. The molecule has 1 fully saturated rings. The summed E-state index contributed by atoms with van der Waals surface area (Å²) in [7, 11) is 0. The molecule has 0 saturated carbocycles. The predicted molar refractivity (Wildman–Crippen MR) is 73.9 cm³/mol. The molecule has 0 spiro atoms. The number of hydrogen-bond donors (Lipinski definition) is 4. The summed E-state index contributed by atoms with van der Waals surface area (Å²) in [6, 6.07) is 7.22. The zero-order valence-corrected chi connectivity index (χ0v) is 11.5. The summed E-state index contributed by atoms with van der Waals surface area (Å²) in [6.07, 6.45) is -5.17. The van der Waals surface area contributed by atoms with Crippen LogP contribution in [0, 0.1) is 0 Å². The van der Waals surface area contributed by atoms with Crippen LogP contribution in [-0.4, -0.2) is 67.9 Å². The lowest BCUT2D eigenvalue weighted by Crippen LogP contribution is -2.60. The van der Waals surface area contributed by atoms with Crippen LogP contribution in [0.1, 0.15) is 0 Å². The molecule has 1 aromatic carbocycles. The Morgan fingerprint density at radius 2 is 1.86 bits per heavy atom. The van der Waals surface area contributed by atoms with E-state index in [1.165, 1.54) is 0 Å². The maximum Gasteiger partial charge on any atom is 0.243 e. The summed E-state index contributed by atoms with van der Waals surface area (Å²) < 4.78 is 10.8. The van der Waals surface area contributed by atoms with Gasteiger partial charge in [0.25, 0.3) is 0 Å². The average molecular weight is 308 g/mol. The van der Waals surface area contributed by atoms with Gasteiger partial charge in [-0.2, -0.15) is 5.10 Å². The largest absolute Gasteiger partial charge is 0.443 e. The number of aliphatic hydroxyl groups is 4. The van der Waals surface area contributed by atoms with Crippen molar-refractivity contribution < 1.29 is 29.9 Å². The molecule has 118 valence electrons. The van der Waals surface area contributed by atoms with Crippen LogP contribution in [0.15, 0.2) is 30.5 Å². The van der Waals surface area contributed by atoms with E-state index in [2.05, 4.69) is 10.2 Å². The van der Waals surface area contributed by atoms with Crippen molar-refractivity contribution in [1.29, 1.82) is 0 Å². The zero-order valence-electron chi connectivity index (χ0n) is 11.5. The molecule has 0 unspecified atom stereocenters. The van der Waals surface area contributed by atoms with E-state index in [0.29, 0.717) is 5.39 Å². The highest BCUT2D eigenvalue weighted by Crippen LogP contribution is 2.27. The third kappa shape index (κ3) is 2.62. The quantitative estimate of drug-likeness (QED) is 0.558. The minimum Gasteiger partial charge on any atom is -0.443 e. The maximum atomic E-state index is 9.96. The van der Waals surface area contributed by atoms with Gasteiger partial charge in [0, 0.05) is 10.8 Å². The molecule has 1 aliphatic rings. The molecular formula is C14H16N2O6. The van der Waals surface area contributed by atoms with Crippen LogP contribution in [-0.2, 0) is 4.74 Å². The fourth-order valence-electron chi connectivity index (χ4n) is 2.36. The third-order valence-corrected chi connectivity index (χ3v) is 3.61. The van der Waals surface area contributed by atoms with Crippen LogP contribution in [0.4, 0.5) is 0 Å². The Hall–Kier alpha value is -1.84. The molecule has 4 N–H and O–H groups in total. The number of rotatable bonds is 3. The summed E-state index contributed by atoms with van der Waals surface area (Å²) in [6.45, 7) is -0.522. The van der Waals surface area contributed by atoms with Gasteiger partial charge in [-0.15, -0.1) is 5.10 Å². The molecule has 3 rings (SSSR count). The Balaban J connectivity index is 1.87. The first-order valence-electron chi connectivity index (χ1n) is 6.79. The average Bonchev–Trinajstić information content (AvgIpc) is 2.55. The summed E-state index contributed by atoms with van der Waals surface area (Å²) in [5.41, 5.74) is 0. The van der Waals surface area contributed by atoms with E-state index in [4.69, 9.17) is 14.6 Å². The lowest BCUT2D eigenvalue weighted by molar-refractivity contribution is -0.278. The van der Waals surface area contributed by atoms with Crippen molar-refractivity contribution in [2.24, 2.45) is 0 Å². The standard InChI is InChI=1S/C14H16N2O6/c17-6-9-10(18)11(19)12(20)14(21-9)22-13-8-4-2-1-3-7(8)5-15-16-13/h1-5,9-12,14,17-20H,6H2/t9-,10-,11+,12-,14+/m1/s1. The van der Waals surface area contributed by atoms with Crippen molar-refractivity contribution in [1.82, 2.24) is 10.2 Å². The number of aliphatic hydroxyl groups excluding tert-OH is 4. The number of fused-ring (bicyclic) bond motifs is 1. The highest BCUT2D eigenvalue weighted by atomic mass is 16.7. The monoisotopic (exact) mass is 308 g/mol. The fourth-order valence-corrected chi connectivity index (χ4v) is 2.36. The van der Waals surface area contributed by atoms with Gasteiger partial charge in [-0.1, -0.05) is 18.2 Å². The smallest absolute Gasteiger partial charge is 0.243 e. The van der Waals surface area contributed by atoms with Crippen LogP contribution < -0.4 is 4.74 Å². The zero-order chi connectivity index (χ0) is 15.7. The van der Waals surface area contributed by atoms with Gasteiger partial charge < -0.3 is 29.9 Å². The number of hydrogen-bond acceptors (Lipinski definition) is 8. The van der Waals surface area contributed by atoms with Gasteiger partial charge in [0.05, 0.1) is 12.8 Å². The van der Waals surface area contributed by atoms with Crippen molar-refractivity contribution in [3.05, 3.63) is 30.5 Å². The molecule has 0 radical (unpaired) electrons. The molecule has 1 aliphatic heterocycles. The highest BCUT2D eigenvalue weighted by molar-refractivity contribution is 5.85. The van der Waals surface area contributed by atoms with Gasteiger partial charge in [0.15, 0.2) is 0 Å². The summed E-state index contributed by atoms with van der Waals surface area (Å²) in [5, 5.41) is 47.7. The van der Waals surface area contributed by atoms with Crippen molar-refractivity contribution in [2.45, 2.75) is 30.7 Å². The van der Waals surface area contributed by atoms with E-state index >= 15 is 0 Å². The lowest BCUT2D eigenvalue weighted by Gasteiger charge is -2.39. The van der Waals surface area contributed by atoms with E-state index in [9.17, 15) is 15.3 Å². The van der Waals surface area contributed by atoms with Crippen LogP contribution in [0.2, 0.25) is 0 Å². The molecule has 2 heterocycles. The second-order valence-corrected chi connectivity index (χ2v) is 5.05. The first-order chi connectivity index (χ1) is 10.6. The third-order valence-electron chi connectivity index (χ3n) is 3.61. The van der Waals surface area contributed by atoms with E-state index in [-0.39, 0.29) is 5.88 Å². The van der Waals surface area contributed by atoms with Crippen LogP contribution in [0.5, 0.6) is 5.88 Å². The van der Waals surface area contributed by atoms with Crippen LogP contribution in [0.3, 0.4) is 0 Å². The molecule has 5 atom stereocenters. The van der Waals surface area contributed by atoms with Gasteiger partial charge in [0.2, 0.25) is 12.2 Å². The van der Waals surface area contributed by atoms with Crippen LogP contribution >= 0.6 is 0 Å². The Labute approximate surface area is 125 Å². The van der Waals surface area contributed by atoms with Crippen LogP contribution in [0.25, 0.3) is 10.8 Å². The number of nitrogens with zero attached hydrogens (tertiary/aromatic N) is 2. The number of aromatic nitrogens is 2. The second-order valence-electron chi connectivity index (χ2n) is 5.05. The summed E-state index contributed by atoms with van der Waals surface area (Å²) in [4.78, 5) is 0. The summed E-state index contributed by atoms with van der Waals surface area (Å²) in [5.74, 6) is 0.127. The Bertz CT molecular complexity index is 647. The number of ether oxygens (including phenoxy) is 2. The Morgan fingerprint density at radius 3 is 2.64 bits per heavy atom. The van der Waals surface area contributed by atoms with Crippen molar-refractivity contribution >= 4 is 10.8 Å². The molecule has 8 nitrogen and oxygen atoms in total. The van der Waals surface area contributed by atoms with E-state index in [0.717, 1.165) is 5.39 Å². The van der Waals surface area contributed by atoms with E-state index in [1.807, 2.05) is 12.1 Å². The molecule has 22 heavy (non-hydrogen) atoms. The van der Waals surface area contributed by atoms with E-state index in [1.54, 1.807) is 18.3 Å². The van der Waals surface area contributed by atoms with E-state index < -0.39 is 37.3 Å². The Morgan fingerprint density at radius 1 is 1.09 bits per heavy atom.